The molecule has 0 aromatic carbocycles. The zero-order chi connectivity index (χ0) is 18.0. The molecule has 2 aromatic heterocycles. The first kappa shape index (κ1) is 17.9. The van der Waals surface area contributed by atoms with Gasteiger partial charge in [0.25, 0.3) is 5.56 Å². The third-order valence-electron chi connectivity index (χ3n) is 4.49. The number of aromatic nitrogens is 2. The minimum Gasteiger partial charge on any atom is -0.481 e. The minimum atomic E-state index is -0.960. The molecule has 25 heavy (non-hydrogen) atoms. The zero-order valence-corrected chi connectivity index (χ0v) is 15.0. The van der Waals surface area contributed by atoms with Gasteiger partial charge in [-0.05, 0) is 43.0 Å². The second-order valence-electron chi connectivity index (χ2n) is 6.18. The van der Waals surface area contributed by atoms with Crippen molar-refractivity contribution in [2.75, 3.05) is 5.75 Å². The molecule has 0 radical (unpaired) electrons. The van der Waals surface area contributed by atoms with Gasteiger partial charge in [0.05, 0.1) is 17.2 Å². The van der Waals surface area contributed by atoms with Crippen LogP contribution in [0.25, 0.3) is 10.2 Å². The second-order valence-corrected chi connectivity index (χ2v) is 8.04. The van der Waals surface area contributed by atoms with E-state index in [1.54, 1.807) is 16.0 Å². The highest BCUT2D eigenvalue weighted by Crippen LogP contribution is 2.31. The predicted octanol–water partition coefficient (Wildman–Crippen LogP) is 2.53. The van der Waals surface area contributed by atoms with Gasteiger partial charge in [0.1, 0.15) is 4.70 Å². The number of hydrogen-bond donors (Lipinski definition) is 2. The molecule has 9 heteroatoms. The summed E-state index contributed by atoms with van der Waals surface area (Å²) in [4.78, 5) is 39.2. The van der Waals surface area contributed by atoms with Crippen molar-refractivity contribution in [3.63, 3.8) is 0 Å². The third kappa shape index (κ3) is 4.04. The van der Waals surface area contributed by atoms with Gasteiger partial charge in [-0.1, -0.05) is 11.8 Å². The fourth-order valence-corrected chi connectivity index (χ4v) is 4.68. The average molecular weight is 382 g/mol. The number of rotatable bonds is 6. The molecule has 7 nitrogen and oxygen atoms in total. The van der Waals surface area contributed by atoms with Crippen LogP contribution >= 0.6 is 23.1 Å². The Morgan fingerprint density at radius 3 is 2.64 bits per heavy atom. The highest BCUT2D eigenvalue weighted by molar-refractivity contribution is 7.99. The first-order valence-corrected chi connectivity index (χ1v) is 9.87. The number of carboxylic acids is 2. The highest BCUT2D eigenvalue weighted by atomic mass is 32.2. The lowest BCUT2D eigenvalue weighted by atomic mass is 9.82. The van der Waals surface area contributed by atoms with E-state index >= 15 is 0 Å². The number of nitrogens with zero attached hydrogens (tertiary/aromatic N) is 2. The summed E-state index contributed by atoms with van der Waals surface area (Å²) in [5.41, 5.74) is 0.446. The van der Waals surface area contributed by atoms with E-state index in [4.69, 9.17) is 10.2 Å². The summed E-state index contributed by atoms with van der Waals surface area (Å²) in [6.45, 7) is 0.452. The Balaban J connectivity index is 1.85. The summed E-state index contributed by atoms with van der Waals surface area (Å²) in [6.07, 6.45) is 2.71. The van der Waals surface area contributed by atoms with Crippen molar-refractivity contribution in [2.45, 2.75) is 37.4 Å². The summed E-state index contributed by atoms with van der Waals surface area (Å²) >= 11 is 2.37. The van der Waals surface area contributed by atoms with Crippen LogP contribution in [-0.4, -0.2) is 37.5 Å². The van der Waals surface area contributed by atoms with Crippen LogP contribution in [0.4, 0.5) is 0 Å². The van der Waals surface area contributed by atoms with Crippen molar-refractivity contribution in [3.05, 3.63) is 21.8 Å². The van der Waals surface area contributed by atoms with E-state index in [0.717, 1.165) is 24.6 Å². The van der Waals surface area contributed by atoms with Gasteiger partial charge < -0.3 is 10.2 Å². The molecule has 0 unspecified atom stereocenters. The van der Waals surface area contributed by atoms with Crippen LogP contribution in [0.15, 0.2) is 21.4 Å². The summed E-state index contributed by atoms with van der Waals surface area (Å²) in [5, 5.41) is 20.2. The van der Waals surface area contributed by atoms with Crippen molar-refractivity contribution in [3.8, 4) is 0 Å². The Bertz CT molecular complexity index is 852. The largest absolute Gasteiger partial charge is 0.481 e. The van der Waals surface area contributed by atoms with Crippen molar-refractivity contribution in [2.24, 2.45) is 11.8 Å². The summed E-state index contributed by atoms with van der Waals surface area (Å²) < 4.78 is 2.14. The van der Waals surface area contributed by atoms with Crippen LogP contribution < -0.4 is 5.56 Å². The lowest BCUT2D eigenvalue weighted by Gasteiger charge is -2.27. The maximum Gasteiger partial charge on any atom is 0.313 e. The van der Waals surface area contributed by atoms with Gasteiger partial charge in [-0.25, -0.2) is 4.98 Å². The number of aliphatic carboxylic acids is 2. The van der Waals surface area contributed by atoms with Crippen LogP contribution in [0.1, 0.15) is 25.7 Å². The number of thiophene rings is 1. The van der Waals surface area contributed by atoms with Crippen LogP contribution in [0.2, 0.25) is 0 Å². The molecule has 0 saturated heterocycles. The first-order chi connectivity index (χ1) is 12.0. The van der Waals surface area contributed by atoms with Gasteiger partial charge in [0.2, 0.25) is 0 Å². The summed E-state index contributed by atoms with van der Waals surface area (Å²) in [5.74, 6) is -1.97. The maximum absolute atomic E-state index is 12.8. The fourth-order valence-electron chi connectivity index (χ4n) is 3.17. The molecule has 1 aliphatic rings. The minimum absolute atomic E-state index is 0.145. The molecular weight excluding hydrogens is 364 g/mol. The smallest absolute Gasteiger partial charge is 0.313 e. The molecule has 0 atom stereocenters. The number of hydrogen-bond acceptors (Lipinski definition) is 6. The van der Waals surface area contributed by atoms with Crippen LogP contribution in [-0.2, 0) is 16.1 Å². The number of thioether (sulfide) groups is 1. The Morgan fingerprint density at radius 1 is 1.28 bits per heavy atom. The van der Waals surface area contributed by atoms with Crippen molar-refractivity contribution >= 4 is 45.3 Å². The van der Waals surface area contributed by atoms with Crippen molar-refractivity contribution in [1.82, 2.24) is 9.55 Å². The van der Waals surface area contributed by atoms with Gasteiger partial charge in [-0.15, -0.1) is 11.3 Å². The molecule has 2 aromatic rings. The Morgan fingerprint density at radius 2 is 2.00 bits per heavy atom. The molecule has 1 fully saturated rings. The van der Waals surface area contributed by atoms with Crippen LogP contribution in [0, 0.1) is 11.8 Å². The molecular formula is C16H18N2O5S2. The van der Waals surface area contributed by atoms with E-state index < -0.39 is 11.9 Å². The lowest BCUT2D eigenvalue weighted by Crippen LogP contribution is -2.29. The second kappa shape index (κ2) is 7.57. The van der Waals surface area contributed by atoms with Crippen molar-refractivity contribution in [1.29, 1.82) is 0 Å². The normalized spacial score (nSPS) is 20.6. The Hall–Kier alpha value is -1.87. The number of carboxylic acid groups (broad SMARTS) is 2. The van der Waals surface area contributed by atoms with Gasteiger partial charge in [-0.3, -0.25) is 19.0 Å². The average Bonchev–Trinajstić information content (AvgIpc) is 3.05. The van der Waals surface area contributed by atoms with Gasteiger partial charge in [-0.2, -0.15) is 0 Å². The van der Waals surface area contributed by atoms with E-state index in [9.17, 15) is 14.4 Å². The van der Waals surface area contributed by atoms with E-state index in [1.807, 2.05) is 0 Å². The molecule has 1 saturated carbocycles. The molecule has 0 amide bonds. The van der Waals surface area contributed by atoms with E-state index in [0.29, 0.717) is 34.8 Å². The number of fused-ring (bicyclic) bond motifs is 1. The van der Waals surface area contributed by atoms with Gasteiger partial charge in [0, 0.05) is 6.54 Å². The summed E-state index contributed by atoms with van der Waals surface area (Å²) in [7, 11) is 0. The molecule has 0 bridgehead atoms. The molecule has 1 aliphatic carbocycles. The zero-order valence-electron chi connectivity index (χ0n) is 13.4. The number of carbonyl (C=O) groups is 2. The van der Waals surface area contributed by atoms with E-state index in [2.05, 4.69) is 4.98 Å². The van der Waals surface area contributed by atoms with Gasteiger partial charge >= 0.3 is 11.9 Å². The third-order valence-corrected chi connectivity index (χ3v) is 6.35. The topological polar surface area (TPSA) is 109 Å². The lowest BCUT2D eigenvalue weighted by molar-refractivity contribution is -0.143. The first-order valence-electron chi connectivity index (χ1n) is 8.01. The fraction of sp³-hybridized carbons (Fsp3) is 0.500. The SMILES string of the molecule is O=C(O)CSc1nc2ccsc2c(=O)n1CC1CCC(C(=O)O)CC1. The molecule has 2 heterocycles. The van der Waals surface area contributed by atoms with E-state index in [-0.39, 0.29) is 23.1 Å². The van der Waals surface area contributed by atoms with Crippen LogP contribution in [0.3, 0.4) is 0 Å². The van der Waals surface area contributed by atoms with E-state index in [1.165, 1.54) is 11.3 Å². The van der Waals surface area contributed by atoms with Gasteiger partial charge in [0.15, 0.2) is 5.16 Å². The molecule has 3 rings (SSSR count). The highest BCUT2D eigenvalue weighted by Gasteiger charge is 2.27. The molecule has 134 valence electrons. The quantitative estimate of drug-likeness (QED) is 0.583. The van der Waals surface area contributed by atoms with Crippen LogP contribution in [0.5, 0.6) is 0 Å². The molecule has 2 N–H and O–H groups in total. The molecule has 0 aliphatic heterocycles. The Kier molecular flexibility index (Phi) is 5.43. The maximum atomic E-state index is 12.8. The standard InChI is InChI=1S/C16H18N2O5S2/c19-12(20)8-25-16-17-11-5-6-24-13(11)14(21)18(16)7-9-1-3-10(4-2-9)15(22)23/h5-6,9-10H,1-4,7-8H2,(H,19,20)(H,22,23). The predicted molar refractivity (Wildman–Crippen MR) is 95.3 cm³/mol. The monoisotopic (exact) mass is 382 g/mol. The molecule has 0 spiro atoms. The Labute approximate surface area is 151 Å². The van der Waals surface area contributed by atoms with Crippen molar-refractivity contribution < 1.29 is 19.8 Å². The summed E-state index contributed by atoms with van der Waals surface area (Å²) in [6, 6.07) is 1.76.